The minimum Gasteiger partial charge on any atom is -0.319 e. The third kappa shape index (κ3) is 4.07. The lowest BCUT2D eigenvalue weighted by atomic mass is 9.89. The number of ketones is 1. The number of likely N-dealkylation sites (tertiary alicyclic amines) is 1. The SMILES string of the molecule is O=C(c1ccc(F)cc1)C1CCN(CCN2Cc3ccccc3NC2=O)CC1. The summed E-state index contributed by atoms with van der Waals surface area (Å²) in [5.74, 6) is -0.228. The predicted octanol–water partition coefficient (Wildman–Crippen LogP) is 3.77. The van der Waals surface area contributed by atoms with Crippen LogP contribution in [-0.2, 0) is 6.54 Å². The van der Waals surface area contributed by atoms with Crippen molar-refractivity contribution in [3.63, 3.8) is 0 Å². The van der Waals surface area contributed by atoms with Crippen LogP contribution in [0.4, 0.5) is 14.9 Å². The summed E-state index contributed by atoms with van der Waals surface area (Å²) < 4.78 is 13.0. The van der Waals surface area contributed by atoms with Crippen LogP contribution in [0.1, 0.15) is 28.8 Å². The van der Waals surface area contributed by atoms with Crippen LogP contribution in [0.25, 0.3) is 0 Å². The number of carbonyl (C=O) groups excluding carboxylic acids is 2. The number of urea groups is 1. The van der Waals surface area contributed by atoms with Crippen LogP contribution >= 0.6 is 0 Å². The molecule has 2 aliphatic rings. The van der Waals surface area contributed by atoms with E-state index in [4.69, 9.17) is 0 Å². The van der Waals surface area contributed by atoms with Gasteiger partial charge in [0.25, 0.3) is 0 Å². The number of nitrogens with one attached hydrogen (secondary N) is 1. The van der Waals surface area contributed by atoms with E-state index in [-0.39, 0.29) is 23.5 Å². The Labute approximate surface area is 164 Å². The largest absolute Gasteiger partial charge is 0.322 e. The van der Waals surface area contributed by atoms with Gasteiger partial charge in [0.15, 0.2) is 5.78 Å². The molecule has 2 aromatic rings. The quantitative estimate of drug-likeness (QED) is 0.802. The molecule has 1 fully saturated rings. The number of Topliss-reactive ketones (excluding diaryl/α,β-unsaturated/α-hetero) is 1. The number of halogens is 1. The standard InChI is InChI=1S/C22H24FN3O2/c23-19-7-5-16(6-8-19)21(27)17-9-11-25(12-10-17)13-14-26-15-18-3-1-2-4-20(18)24-22(26)28/h1-8,17H,9-15H2,(H,24,28). The molecular weight excluding hydrogens is 357 g/mol. The second-order valence-corrected chi connectivity index (χ2v) is 7.50. The summed E-state index contributed by atoms with van der Waals surface area (Å²) in [6.45, 7) is 3.76. The number of benzene rings is 2. The second kappa shape index (κ2) is 8.10. The number of piperidine rings is 1. The molecule has 0 aromatic heterocycles. The van der Waals surface area contributed by atoms with E-state index in [0.29, 0.717) is 18.7 Å². The molecule has 2 amide bonds. The number of para-hydroxylation sites is 1. The van der Waals surface area contributed by atoms with Crippen molar-refractivity contribution < 1.29 is 14.0 Å². The lowest BCUT2D eigenvalue weighted by Crippen LogP contribution is -2.45. The maximum absolute atomic E-state index is 13.0. The van der Waals surface area contributed by atoms with Crippen molar-refractivity contribution in [1.82, 2.24) is 9.80 Å². The minimum atomic E-state index is -0.323. The number of rotatable bonds is 5. The van der Waals surface area contributed by atoms with Crippen LogP contribution in [0.2, 0.25) is 0 Å². The monoisotopic (exact) mass is 381 g/mol. The molecule has 0 aliphatic carbocycles. The van der Waals surface area contributed by atoms with Crippen molar-refractivity contribution in [3.05, 3.63) is 65.5 Å². The van der Waals surface area contributed by atoms with Crippen molar-refractivity contribution in [1.29, 1.82) is 0 Å². The molecule has 2 heterocycles. The molecule has 2 aliphatic heterocycles. The van der Waals surface area contributed by atoms with Crippen molar-refractivity contribution in [2.75, 3.05) is 31.5 Å². The van der Waals surface area contributed by atoms with Gasteiger partial charge in [-0.3, -0.25) is 4.79 Å². The summed E-state index contributed by atoms with van der Waals surface area (Å²) in [4.78, 5) is 29.0. The second-order valence-electron chi connectivity index (χ2n) is 7.50. The van der Waals surface area contributed by atoms with Gasteiger partial charge < -0.3 is 15.1 Å². The summed E-state index contributed by atoms with van der Waals surface area (Å²) in [5, 5.41) is 2.94. The molecule has 5 nitrogen and oxygen atoms in total. The van der Waals surface area contributed by atoms with Gasteiger partial charge in [0.05, 0.1) is 0 Å². The first-order valence-corrected chi connectivity index (χ1v) is 9.76. The van der Waals surface area contributed by atoms with Crippen molar-refractivity contribution in [2.24, 2.45) is 5.92 Å². The van der Waals surface area contributed by atoms with Gasteiger partial charge in [-0.25, -0.2) is 9.18 Å². The van der Waals surface area contributed by atoms with Crippen LogP contribution in [0.5, 0.6) is 0 Å². The van der Waals surface area contributed by atoms with E-state index >= 15 is 0 Å². The average molecular weight is 381 g/mol. The van der Waals surface area contributed by atoms with Gasteiger partial charge in [0, 0.05) is 36.8 Å². The third-order valence-electron chi connectivity index (χ3n) is 5.68. The summed E-state index contributed by atoms with van der Waals surface area (Å²) in [5.41, 5.74) is 2.61. The molecule has 1 N–H and O–H groups in total. The highest BCUT2D eigenvalue weighted by molar-refractivity contribution is 5.97. The maximum Gasteiger partial charge on any atom is 0.322 e. The number of hydrogen-bond donors (Lipinski definition) is 1. The molecule has 2 aromatic carbocycles. The Morgan fingerprint density at radius 1 is 1.04 bits per heavy atom. The van der Waals surface area contributed by atoms with Gasteiger partial charge in [0.1, 0.15) is 5.82 Å². The summed E-state index contributed by atoms with van der Waals surface area (Å²) >= 11 is 0. The lowest BCUT2D eigenvalue weighted by Gasteiger charge is -2.34. The molecule has 4 rings (SSSR count). The minimum absolute atomic E-state index is 0.00752. The Hall–Kier alpha value is -2.73. The van der Waals surface area contributed by atoms with Crippen LogP contribution < -0.4 is 5.32 Å². The van der Waals surface area contributed by atoms with Crippen molar-refractivity contribution >= 4 is 17.5 Å². The average Bonchev–Trinajstić information content (AvgIpc) is 2.72. The molecule has 0 saturated carbocycles. The molecule has 0 unspecified atom stereocenters. The zero-order valence-electron chi connectivity index (χ0n) is 15.7. The number of fused-ring (bicyclic) bond motifs is 1. The molecule has 1 saturated heterocycles. The zero-order valence-corrected chi connectivity index (χ0v) is 15.7. The zero-order chi connectivity index (χ0) is 19.5. The van der Waals surface area contributed by atoms with E-state index in [1.165, 1.54) is 12.1 Å². The topological polar surface area (TPSA) is 52.7 Å². The van der Waals surface area contributed by atoms with Gasteiger partial charge in [-0.1, -0.05) is 18.2 Å². The first kappa shape index (κ1) is 18.6. The fourth-order valence-electron chi connectivity index (χ4n) is 3.96. The fraction of sp³-hybridized carbons (Fsp3) is 0.364. The van der Waals surface area contributed by atoms with Crippen molar-refractivity contribution in [2.45, 2.75) is 19.4 Å². The van der Waals surface area contributed by atoms with Gasteiger partial charge >= 0.3 is 6.03 Å². The highest BCUT2D eigenvalue weighted by atomic mass is 19.1. The first-order chi connectivity index (χ1) is 13.6. The Bertz CT molecular complexity index is 860. The van der Waals surface area contributed by atoms with Crippen LogP contribution in [0, 0.1) is 11.7 Å². The number of nitrogens with zero attached hydrogens (tertiary/aromatic N) is 2. The van der Waals surface area contributed by atoms with E-state index < -0.39 is 0 Å². The van der Waals surface area contributed by atoms with Crippen molar-refractivity contribution in [3.8, 4) is 0 Å². The molecule has 146 valence electrons. The molecule has 0 radical (unpaired) electrons. The van der Waals surface area contributed by atoms with Gasteiger partial charge in [-0.05, 0) is 61.8 Å². The third-order valence-corrected chi connectivity index (χ3v) is 5.68. The molecule has 0 atom stereocenters. The van der Waals surface area contributed by atoms with Crippen LogP contribution in [-0.4, -0.2) is 47.8 Å². The smallest absolute Gasteiger partial charge is 0.319 e. The van der Waals surface area contributed by atoms with E-state index in [2.05, 4.69) is 10.2 Å². The van der Waals surface area contributed by atoms with E-state index in [1.807, 2.05) is 29.2 Å². The van der Waals surface area contributed by atoms with Gasteiger partial charge in [0.2, 0.25) is 0 Å². The summed E-state index contributed by atoms with van der Waals surface area (Å²) in [7, 11) is 0. The van der Waals surface area contributed by atoms with Crippen LogP contribution in [0.15, 0.2) is 48.5 Å². The molecule has 0 bridgehead atoms. The van der Waals surface area contributed by atoms with E-state index in [1.54, 1.807) is 12.1 Å². The highest BCUT2D eigenvalue weighted by Crippen LogP contribution is 2.24. The molecular formula is C22H24FN3O2. The number of amides is 2. The maximum atomic E-state index is 13.0. The number of hydrogen-bond acceptors (Lipinski definition) is 3. The molecule has 0 spiro atoms. The van der Waals surface area contributed by atoms with E-state index in [9.17, 15) is 14.0 Å². The lowest BCUT2D eigenvalue weighted by molar-refractivity contribution is 0.0833. The van der Waals surface area contributed by atoms with Gasteiger partial charge in [-0.15, -0.1) is 0 Å². The first-order valence-electron chi connectivity index (χ1n) is 9.76. The Morgan fingerprint density at radius 3 is 2.50 bits per heavy atom. The summed E-state index contributed by atoms with van der Waals surface area (Å²) in [6.07, 6.45) is 1.59. The molecule has 6 heteroatoms. The normalized spacial score (nSPS) is 17.9. The Balaban J connectivity index is 1.26. The Kier molecular flexibility index (Phi) is 5.39. The van der Waals surface area contributed by atoms with Gasteiger partial charge in [-0.2, -0.15) is 0 Å². The Morgan fingerprint density at radius 2 is 1.75 bits per heavy atom. The fourth-order valence-corrected chi connectivity index (χ4v) is 3.96. The van der Waals surface area contributed by atoms with Crippen LogP contribution in [0.3, 0.4) is 0 Å². The molecule has 28 heavy (non-hydrogen) atoms. The number of anilines is 1. The predicted molar refractivity (Wildman–Crippen MR) is 106 cm³/mol. The highest BCUT2D eigenvalue weighted by Gasteiger charge is 2.27. The summed E-state index contributed by atoms with van der Waals surface area (Å²) in [6, 6.07) is 13.6. The number of carbonyl (C=O) groups is 2. The van der Waals surface area contributed by atoms with E-state index in [0.717, 1.165) is 43.7 Å².